The number of amides is 1. The largest absolute Gasteiger partial charge is 0.479 e. The Morgan fingerprint density at radius 1 is 1.24 bits per heavy atom. The van der Waals surface area contributed by atoms with Gasteiger partial charge in [0.15, 0.2) is 5.54 Å². The minimum atomic E-state index is -1.46. The monoisotopic (exact) mass is 343 g/mol. The maximum atomic E-state index is 12.4. The highest BCUT2D eigenvalue weighted by molar-refractivity contribution is 5.96. The first-order chi connectivity index (χ1) is 12.0. The van der Waals surface area contributed by atoms with E-state index in [0.717, 1.165) is 5.56 Å². The highest BCUT2D eigenvalue weighted by Gasteiger charge is 2.44. The zero-order chi connectivity index (χ0) is 17.9. The van der Waals surface area contributed by atoms with Gasteiger partial charge in [-0.25, -0.2) is 9.48 Å². The first kappa shape index (κ1) is 16.8. The average Bonchev–Trinajstić information content (AvgIpc) is 3.07. The first-order valence-electron chi connectivity index (χ1n) is 7.76. The minimum absolute atomic E-state index is 0.0249. The van der Waals surface area contributed by atoms with Crippen LogP contribution in [0.1, 0.15) is 22.5 Å². The average molecular weight is 343 g/mol. The molecule has 0 aliphatic carbocycles. The fourth-order valence-electron chi connectivity index (χ4n) is 2.61. The van der Waals surface area contributed by atoms with Crippen molar-refractivity contribution in [3.8, 4) is 0 Å². The molecule has 2 N–H and O–H groups in total. The number of carbonyl (C=O) groups is 2. The SMILES string of the molecule is O=C(NC1(C(=O)O)CCOC1)c1ccc(=O)n(Cc2ccccc2)n1. The Labute approximate surface area is 143 Å². The van der Waals surface area contributed by atoms with Crippen LogP contribution in [0.15, 0.2) is 47.3 Å². The van der Waals surface area contributed by atoms with Crippen molar-refractivity contribution >= 4 is 11.9 Å². The van der Waals surface area contributed by atoms with E-state index in [2.05, 4.69) is 10.4 Å². The smallest absolute Gasteiger partial charge is 0.331 e. The van der Waals surface area contributed by atoms with E-state index in [9.17, 15) is 19.5 Å². The number of benzene rings is 1. The molecule has 1 amide bonds. The fraction of sp³-hybridized carbons (Fsp3) is 0.294. The quantitative estimate of drug-likeness (QED) is 0.806. The summed E-state index contributed by atoms with van der Waals surface area (Å²) in [7, 11) is 0. The van der Waals surface area contributed by atoms with Crippen molar-refractivity contribution in [3.05, 3.63) is 64.1 Å². The topological polar surface area (TPSA) is 111 Å². The van der Waals surface area contributed by atoms with Gasteiger partial charge in [0, 0.05) is 19.1 Å². The Hall–Kier alpha value is -3.00. The molecular formula is C17H17N3O5. The van der Waals surface area contributed by atoms with E-state index < -0.39 is 17.4 Å². The summed E-state index contributed by atoms with van der Waals surface area (Å²) in [6.45, 7) is 0.374. The Morgan fingerprint density at radius 3 is 2.64 bits per heavy atom. The maximum absolute atomic E-state index is 12.4. The summed E-state index contributed by atoms with van der Waals surface area (Å²) in [5, 5.41) is 15.9. The highest BCUT2D eigenvalue weighted by Crippen LogP contribution is 2.19. The van der Waals surface area contributed by atoms with Crippen LogP contribution in [0.25, 0.3) is 0 Å². The molecule has 1 atom stereocenters. The summed E-state index contributed by atoms with van der Waals surface area (Å²) in [6.07, 6.45) is 0.178. The minimum Gasteiger partial charge on any atom is -0.479 e. The second-order valence-electron chi connectivity index (χ2n) is 5.84. The second-order valence-corrected chi connectivity index (χ2v) is 5.84. The van der Waals surface area contributed by atoms with Crippen LogP contribution in [0.5, 0.6) is 0 Å². The van der Waals surface area contributed by atoms with Gasteiger partial charge >= 0.3 is 5.97 Å². The molecule has 1 saturated heterocycles. The standard InChI is InChI=1S/C17H17N3O5/c21-14-7-6-13(19-20(14)10-12-4-2-1-3-5-12)15(22)18-17(16(23)24)8-9-25-11-17/h1-7H,8-11H2,(H,18,22)(H,23,24). The molecule has 1 fully saturated rings. The number of aliphatic carboxylic acids is 1. The van der Waals surface area contributed by atoms with Crippen molar-refractivity contribution in [2.24, 2.45) is 0 Å². The van der Waals surface area contributed by atoms with Crippen molar-refractivity contribution in [2.45, 2.75) is 18.5 Å². The van der Waals surface area contributed by atoms with Gasteiger partial charge in [-0.15, -0.1) is 0 Å². The number of rotatable bonds is 5. The second kappa shape index (κ2) is 6.86. The van der Waals surface area contributed by atoms with Crippen molar-refractivity contribution in [1.29, 1.82) is 0 Å². The van der Waals surface area contributed by atoms with Gasteiger partial charge in [0.05, 0.1) is 13.2 Å². The number of carbonyl (C=O) groups excluding carboxylic acids is 1. The lowest BCUT2D eigenvalue weighted by Crippen LogP contribution is -2.55. The van der Waals surface area contributed by atoms with Gasteiger partial charge in [0.25, 0.3) is 11.5 Å². The third-order valence-corrected chi connectivity index (χ3v) is 4.06. The number of ether oxygens (including phenoxy) is 1. The molecule has 0 radical (unpaired) electrons. The lowest BCUT2D eigenvalue weighted by atomic mass is 9.99. The number of nitrogens with zero attached hydrogens (tertiary/aromatic N) is 2. The molecule has 0 saturated carbocycles. The van der Waals surface area contributed by atoms with Crippen LogP contribution in [0.2, 0.25) is 0 Å². The summed E-state index contributed by atoms with van der Waals surface area (Å²) in [6, 6.07) is 11.8. The van der Waals surface area contributed by atoms with E-state index in [1.165, 1.54) is 16.8 Å². The molecule has 1 unspecified atom stereocenters. The molecule has 0 spiro atoms. The molecule has 130 valence electrons. The Balaban J connectivity index is 1.83. The highest BCUT2D eigenvalue weighted by atomic mass is 16.5. The van der Waals surface area contributed by atoms with Gasteiger partial charge < -0.3 is 15.2 Å². The normalized spacial score (nSPS) is 19.5. The number of hydrogen-bond donors (Lipinski definition) is 2. The van der Waals surface area contributed by atoms with Crippen LogP contribution >= 0.6 is 0 Å². The molecule has 2 aromatic rings. The lowest BCUT2D eigenvalue weighted by molar-refractivity contribution is -0.144. The predicted molar refractivity (Wildman–Crippen MR) is 87.3 cm³/mol. The Kier molecular flexibility index (Phi) is 4.62. The third-order valence-electron chi connectivity index (χ3n) is 4.06. The molecule has 0 bridgehead atoms. The molecule has 1 aromatic heterocycles. The van der Waals surface area contributed by atoms with Crippen LogP contribution in [0.4, 0.5) is 0 Å². The van der Waals surface area contributed by atoms with Gasteiger partial charge in [-0.3, -0.25) is 9.59 Å². The van der Waals surface area contributed by atoms with Gasteiger partial charge in [-0.05, 0) is 11.6 Å². The van der Waals surface area contributed by atoms with Gasteiger partial charge in [-0.2, -0.15) is 5.10 Å². The van der Waals surface area contributed by atoms with Gasteiger partial charge in [0.1, 0.15) is 5.69 Å². The first-order valence-corrected chi connectivity index (χ1v) is 7.76. The van der Waals surface area contributed by atoms with E-state index in [1.807, 2.05) is 30.3 Å². The summed E-state index contributed by atoms with van der Waals surface area (Å²) in [5.74, 6) is -1.81. The van der Waals surface area contributed by atoms with E-state index >= 15 is 0 Å². The zero-order valence-corrected chi connectivity index (χ0v) is 13.3. The number of aromatic nitrogens is 2. The molecule has 2 heterocycles. The Morgan fingerprint density at radius 2 is 2.00 bits per heavy atom. The van der Waals surface area contributed by atoms with Crippen LogP contribution in [-0.4, -0.2) is 45.5 Å². The van der Waals surface area contributed by atoms with Crippen molar-refractivity contribution in [1.82, 2.24) is 15.1 Å². The molecular weight excluding hydrogens is 326 g/mol. The summed E-state index contributed by atoms with van der Waals surface area (Å²) >= 11 is 0. The predicted octanol–water partition coefficient (Wildman–Crippen LogP) is 0.265. The molecule has 1 aliphatic heterocycles. The fourth-order valence-corrected chi connectivity index (χ4v) is 2.61. The Bertz CT molecular complexity index is 841. The zero-order valence-electron chi connectivity index (χ0n) is 13.3. The summed E-state index contributed by atoms with van der Waals surface area (Å²) < 4.78 is 6.28. The van der Waals surface area contributed by atoms with Crippen molar-refractivity contribution in [2.75, 3.05) is 13.2 Å². The molecule has 1 aromatic carbocycles. The van der Waals surface area contributed by atoms with E-state index in [-0.39, 0.29) is 37.4 Å². The third kappa shape index (κ3) is 3.58. The van der Waals surface area contributed by atoms with Crippen LogP contribution < -0.4 is 10.9 Å². The van der Waals surface area contributed by atoms with Crippen LogP contribution in [0.3, 0.4) is 0 Å². The van der Waals surface area contributed by atoms with Crippen molar-refractivity contribution < 1.29 is 19.4 Å². The van der Waals surface area contributed by atoms with Gasteiger partial charge in [-0.1, -0.05) is 30.3 Å². The number of hydrogen-bond acceptors (Lipinski definition) is 5. The number of carboxylic acids is 1. The van der Waals surface area contributed by atoms with Gasteiger partial charge in [0.2, 0.25) is 0 Å². The van der Waals surface area contributed by atoms with E-state index in [4.69, 9.17) is 4.74 Å². The molecule has 1 aliphatic rings. The summed E-state index contributed by atoms with van der Waals surface area (Å²) in [4.78, 5) is 35.9. The molecule has 3 rings (SSSR count). The van der Waals surface area contributed by atoms with Crippen LogP contribution in [0, 0.1) is 0 Å². The maximum Gasteiger partial charge on any atom is 0.331 e. The molecule has 25 heavy (non-hydrogen) atoms. The van der Waals surface area contributed by atoms with E-state index in [1.54, 1.807) is 0 Å². The van der Waals surface area contributed by atoms with E-state index in [0.29, 0.717) is 0 Å². The molecule has 8 heteroatoms. The summed E-state index contributed by atoms with van der Waals surface area (Å²) in [5.41, 5.74) is -0.972. The lowest BCUT2D eigenvalue weighted by Gasteiger charge is -2.23. The number of nitrogens with one attached hydrogen (secondary N) is 1. The molecule has 8 nitrogen and oxygen atoms in total. The van der Waals surface area contributed by atoms with Crippen molar-refractivity contribution in [3.63, 3.8) is 0 Å². The van der Waals surface area contributed by atoms with Crippen LogP contribution in [-0.2, 0) is 16.1 Å². The number of carboxylic acid groups (broad SMARTS) is 1.